The van der Waals surface area contributed by atoms with Gasteiger partial charge >= 0.3 is 0 Å². The molecule has 0 amide bonds. The Hall–Kier alpha value is -3.14. The van der Waals surface area contributed by atoms with Crippen LogP contribution >= 0.6 is 47.8 Å². The number of rotatable bonds is 3. The van der Waals surface area contributed by atoms with Crippen molar-refractivity contribution in [3.63, 3.8) is 0 Å². The van der Waals surface area contributed by atoms with E-state index >= 15 is 0 Å². The summed E-state index contributed by atoms with van der Waals surface area (Å²) >= 11 is 9.69. The van der Waals surface area contributed by atoms with Crippen LogP contribution in [0.1, 0.15) is 22.6 Å². The SMILES string of the molecule is Brc1cccc(Br)n1.Cc1cccc(Br)n1.Cc1cccc(N)n1.Cc1cccc(NCc2ccccc2)n1. The fourth-order valence-electron chi connectivity index (χ4n) is 2.89. The second-order valence-electron chi connectivity index (χ2n) is 8.09. The number of hydrogen-bond donors (Lipinski definition) is 2. The third-order valence-corrected chi connectivity index (χ3v) is 5.98. The van der Waals surface area contributed by atoms with E-state index in [0.29, 0.717) is 5.82 Å². The quantitative estimate of drug-likeness (QED) is 0.182. The first-order chi connectivity index (χ1) is 18.7. The molecule has 4 aromatic heterocycles. The zero-order chi connectivity index (χ0) is 28.5. The standard InChI is InChI=1S/C13H14N2.C6H6BrN.C6H8N2.C5H3Br2N/c1-11-6-5-9-13(15-11)14-10-12-7-3-2-4-8-12;2*1-5-3-2-4-6(7)8-5;6-4-2-1-3-5(7)8-4/h2-9H,10H2,1H3,(H,14,15);2-4H,1H3;2-4H,1H3,(H2,7,8);1-3H. The van der Waals surface area contributed by atoms with Crippen molar-refractivity contribution >= 4 is 59.4 Å². The Labute approximate surface area is 256 Å². The van der Waals surface area contributed by atoms with Crippen molar-refractivity contribution < 1.29 is 0 Å². The highest BCUT2D eigenvalue weighted by Crippen LogP contribution is 2.10. The fraction of sp³-hybridized carbons (Fsp3) is 0.133. The Bertz CT molecular complexity index is 1250. The molecule has 202 valence electrons. The molecular formula is C30H31Br3N6. The van der Waals surface area contributed by atoms with Crippen molar-refractivity contribution in [1.29, 1.82) is 0 Å². The maximum Gasteiger partial charge on any atom is 0.126 e. The topological polar surface area (TPSA) is 89.6 Å². The average molecular weight is 715 g/mol. The van der Waals surface area contributed by atoms with E-state index in [1.807, 2.05) is 106 Å². The highest BCUT2D eigenvalue weighted by atomic mass is 79.9. The summed E-state index contributed by atoms with van der Waals surface area (Å²) in [5, 5.41) is 3.29. The lowest BCUT2D eigenvalue weighted by molar-refractivity contribution is 1.09. The van der Waals surface area contributed by atoms with Gasteiger partial charge in [0, 0.05) is 23.6 Å². The zero-order valence-electron chi connectivity index (χ0n) is 22.0. The summed E-state index contributed by atoms with van der Waals surface area (Å²) in [5.41, 5.74) is 9.65. The Balaban J connectivity index is 0.000000192. The van der Waals surface area contributed by atoms with Crippen LogP contribution in [-0.4, -0.2) is 19.9 Å². The van der Waals surface area contributed by atoms with Gasteiger partial charge in [0.25, 0.3) is 0 Å². The lowest BCUT2D eigenvalue weighted by atomic mass is 10.2. The number of aromatic nitrogens is 4. The number of nitrogen functional groups attached to an aromatic ring is 1. The fourth-order valence-corrected chi connectivity index (χ4v) is 4.24. The average Bonchev–Trinajstić information content (AvgIpc) is 2.89. The van der Waals surface area contributed by atoms with Crippen molar-refractivity contribution in [2.24, 2.45) is 0 Å². The van der Waals surface area contributed by atoms with E-state index < -0.39 is 0 Å². The van der Waals surface area contributed by atoms with Crippen molar-refractivity contribution in [3.8, 4) is 0 Å². The van der Waals surface area contributed by atoms with Gasteiger partial charge in [-0.2, -0.15) is 0 Å². The van der Waals surface area contributed by atoms with Gasteiger partial charge in [-0.3, -0.25) is 0 Å². The first kappa shape index (κ1) is 32.1. The predicted octanol–water partition coefficient (Wildman–Crippen LogP) is 8.73. The molecule has 0 aliphatic heterocycles. The largest absolute Gasteiger partial charge is 0.384 e. The van der Waals surface area contributed by atoms with Gasteiger partial charge in [-0.1, -0.05) is 54.6 Å². The molecule has 6 nitrogen and oxygen atoms in total. The van der Waals surface area contributed by atoms with Gasteiger partial charge in [-0.15, -0.1) is 0 Å². The summed E-state index contributed by atoms with van der Waals surface area (Å²) in [4.78, 5) is 16.4. The maximum atomic E-state index is 5.35. The van der Waals surface area contributed by atoms with Crippen molar-refractivity contribution in [1.82, 2.24) is 19.9 Å². The summed E-state index contributed by atoms with van der Waals surface area (Å²) in [7, 11) is 0. The highest BCUT2D eigenvalue weighted by molar-refractivity contribution is 9.11. The van der Waals surface area contributed by atoms with Crippen molar-refractivity contribution in [2.45, 2.75) is 27.3 Å². The normalized spacial score (nSPS) is 9.49. The van der Waals surface area contributed by atoms with Gasteiger partial charge < -0.3 is 11.1 Å². The van der Waals surface area contributed by atoms with Crippen LogP contribution < -0.4 is 11.1 Å². The van der Waals surface area contributed by atoms with Crippen molar-refractivity contribution in [3.05, 3.63) is 140 Å². The molecule has 0 bridgehead atoms. The van der Waals surface area contributed by atoms with Gasteiger partial charge in [0.2, 0.25) is 0 Å². The molecule has 0 saturated carbocycles. The van der Waals surface area contributed by atoms with Crippen LogP contribution in [0.2, 0.25) is 0 Å². The third-order valence-electron chi connectivity index (χ3n) is 4.65. The molecular weight excluding hydrogens is 684 g/mol. The van der Waals surface area contributed by atoms with E-state index in [2.05, 4.69) is 85.2 Å². The summed E-state index contributed by atoms with van der Waals surface area (Å²) in [5.74, 6) is 1.52. The summed E-state index contributed by atoms with van der Waals surface area (Å²) in [6.07, 6.45) is 0. The molecule has 5 rings (SSSR count). The predicted molar refractivity (Wildman–Crippen MR) is 172 cm³/mol. The number of anilines is 2. The zero-order valence-corrected chi connectivity index (χ0v) is 26.8. The molecule has 0 spiro atoms. The first-order valence-electron chi connectivity index (χ1n) is 12.0. The Morgan fingerprint density at radius 3 is 1.44 bits per heavy atom. The number of aryl methyl sites for hydroxylation is 3. The Morgan fingerprint density at radius 2 is 1.03 bits per heavy atom. The monoisotopic (exact) mass is 712 g/mol. The Kier molecular flexibility index (Phi) is 15.0. The number of hydrogen-bond acceptors (Lipinski definition) is 6. The van der Waals surface area contributed by atoms with Crippen LogP contribution in [0.25, 0.3) is 0 Å². The van der Waals surface area contributed by atoms with Crippen LogP contribution in [-0.2, 0) is 6.54 Å². The van der Waals surface area contributed by atoms with Crippen LogP contribution in [0.15, 0.2) is 117 Å². The van der Waals surface area contributed by atoms with Gasteiger partial charge in [0.15, 0.2) is 0 Å². The highest BCUT2D eigenvalue weighted by Gasteiger charge is 1.94. The smallest absolute Gasteiger partial charge is 0.126 e. The maximum absolute atomic E-state index is 5.35. The van der Waals surface area contributed by atoms with E-state index in [9.17, 15) is 0 Å². The van der Waals surface area contributed by atoms with Crippen molar-refractivity contribution in [2.75, 3.05) is 11.1 Å². The first-order valence-corrected chi connectivity index (χ1v) is 14.4. The molecule has 0 aliphatic rings. The molecule has 0 radical (unpaired) electrons. The number of nitrogens with zero attached hydrogens (tertiary/aromatic N) is 4. The molecule has 3 N–H and O–H groups in total. The van der Waals surface area contributed by atoms with Gasteiger partial charge in [-0.25, -0.2) is 19.9 Å². The second kappa shape index (κ2) is 18.2. The number of halogens is 3. The summed E-state index contributed by atoms with van der Waals surface area (Å²) in [6, 6.07) is 33.4. The molecule has 39 heavy (non-hydrogen) atoms. The second-order valence-corrected chi connectivity index (χ2v) is 10.5. The molecule has 0 fully saturated rings. The number of nitrogens with one attached hydrogen (secondary N) is 1. The van der Waals surface area contributed by atoms with E-state index in [1.54, 1.807) is 6.07 Å². The van der Waals surface area contributed by atoms with Gasteiger partial charge in [-0.05, 0) is 123 Å². The lowest BCUT2D eigenvalue weighted by Gasteiger charge is -2.05. The summed E-state index contributed by atoms with van der Waals surface area (Å²) < 4.78 is 2.61. The van der Waals surface area contributed by atoms with Crippen LogP contribution in [0.3, 0.4) is 0 Å². The molecule has 4 heterocycles. The van der Waals surface area contributed by atoms with E-state index in [0.717, 1.165) is 43.3 Å². The van der Waals surface area contributed by atoms with E-state index in [1.165, 1.54) is 5.56 Å². The third kappa shape index (κ3) is 15.1. The minimum atomic E-state index is 0.588. The number of nitrogens with two attached hydrogens (primary N) is 1. The molecule has 5 aromatic rings. The molecule has 9 heteroatoms. The minimum Gasteiger partial charge on any atom is -0.384 e. The molecule has 0 saturated heterocycles. The summed E-state index contributed by atoms with van der Waals surface area (Å²) in [6.45, 7) is 6.69. The Morgan fingerprint density at radius 1 is 0.538 bits per heavy atom. The van der Waals surface area contributed by atoms with Gasteiger partial charge in [0.05, 0.1) is 0 Å². The number of pyridine rings is 4. The van der Waals surface area contributed by atoms with Crippen LogP contribution in [0.4, 0.5) is 11.6 Å². The molecule has 0 atom stereocenters. The molecule has 0 unspecified atom stereocenters. The number of benzene rings is 1. The van der Waals surface area contributed by atoms with Crippen LogP contribution in [0.5, 0.6) is 0 Å². The minimum absolute atomic E-state index is 0.588. The molecule has 1 aromatic carbocycles. The van der Waals surface area contributed by atoms with Crippen LogP contribution in [0, 0.1) is 20.8 Å². The van der Waals surface area contributed by atoms with Gasteiger partial charge in [0.1, 0.15) is 25.4 Å². The van der Waals surface area contributed by atoms with E-state index in [-0.39, 0.29) is 0 Å². The molecule has 0 aliphatic carbocycles. The lowest BCUT2D eigenvalue weighted by Crippen LogP contribution is -2.01. The van der Waals surface area contributed by atoms with E-state index in [4.69, 9.17) is 5.73 Å².